The predicted octanol–water partition coefficient (Wildman–Crippen LogP) is 2.13. The zero-order chi connectivity index (χ0) is 18.8. The molecule has 0 aromatic carbocycles. The third-order valence-electron chi connectivity index (χ3n) is 5.07. The number of aromatic nitrogens is 4. The van der Waals surface area contributed by atoms with E-state index >= 15 is 0 Å². The van der Waals surface area contributed by atoms with Crippen LogP contribution in [0.2, 0.25) is 0 Å². The van der Waals surface area contributed by atoms with Gasteiger partial charge in [0, 0.05) is 51.0 Å². The molecule has 0 saturated carbocycles. The average molecular weight is 423 g/mol. The summed E-state index contributed by atoms with van der Waals surface area (Å²) in [6.45, 7) is 13.5. The topological polar surface area (TPSA) is 59.2 Å². The molecule has 1 saturated heterocycles. The van der Waals surface area contributed by atoms with Crippen LogP contribution in [-0.4, -0.2) is 61.4 Å². The summed E-state index contributed by atoms with van der Waals surface area (Å²) in [4.78, 5) is 17.0. The summed E-state index contributed by atoms with van der Waals surface area (Å²) in [7, 11) is 0. The first-order valence-electron chi connectivity index (χ1n) is 9.11. The van der Waals surface area contributed by atoms with Crippen molar-refractivity contribution in [2.24, 2.45) is 0 Å². The van der Waals surface area contributed by atoms with E-state index in [9.17, 15) is 4.79 Å². The van der Waals surface area contributed by atoms with Crippen molar-refractivity contribution in [2.75, 3.05) is 26.2 Å². The summed E-state index contributed by atoms with van der Waals surface area (Å²) in [6, 6.07) is 0. The van der Waals surface area contributed by atoms with E-state index in [1.165, 1.54) is 5.56 Å². The third-order valence-corrected chi connectivity index (χ3v) is 6.22. The van der Waals surface area contributed by atoms with Gasteiger partial charge in [-0.05, 0) is 43.6 Å². The Hall–Kier alpha value is -1.67. The number of hydrogen-bond donors (Lipinski definition) is 0. The van der Waals surface area contributed by atoms with Gasteiger partial charge in [0.1, 0.15) is 6.54 Å². The molecule has 142 valence electrons. The van der Waals surface area contributed by atoms with E-state index in [4.69, 9.17) is 0 Å². The van der Waals surface area contributed by atoms with Gasteiger partial charge in [0.15, 0.2) is 0 Å². The van der Waals surface area contributed by atoms with Crippen molar-refractivity contribution < 1.29 is 4.79 Å². The normalized spacial score (nSPS) is 15.7. The Morgan fingerprint density at radius 2 is 1.81 bits per heavy atom. The fraction of sp³-hybridized carbons (Fsp3) is 0.611. The lowest BCUT2D eigenvalue weighted by molar-refractivity contribution is -0.133. The van der Waals surface area contributed by atoms with E-state index in [0.29, 0.717) is 6.54 Å². The summed E-state index contributed by atoms with van der Waals surface area (Å²) in [5.74, 6) is 0.137. The molecule has 0 atom stereocenters. The first kappa shape index (κ1) is 19.1. The van der Waals surface area contributed by atoms with Gasteiger partial charge in [0.25, 0.3) is 0 Å². The highest BCUT2D eigenvalue weighted by atomic mass is 79.9. The second-order valence-corrected chi connectivity index (χ2v) is 7.69. The molecule has 2 aromatic rings. The summed E-state index contributed by atoms with van der Waals surface area (Å²) < 4.78 is 4.76. The molecule has 0 aliphatic carbocycles. The molecule has 8 heteroatoms. The lowest BCUT2D eigenvalue weighted by atomic mass is 10.2. The zero-order valence-corrected chi connectivity index (χ0v) is 17.6. The second kappa shape index (κ2) is 7.92. The minimum atomic E-state index is 0.137. The van der Waals surface area contributed by atoms with Crippen LogP contribution in [0, 0.1) is 20.8 Å². The standard InChI is InChI=1S/C18H27BrN6O/c1-5-24-11-16(13(2)20-24)10-22-6-8-23(9-7-22)17(26)12-25-15(4)18(19)14(3)21-25/h11H,5-10,12H2,1-4H3. The Morgan fingerprint density at radius 3 is 2.35 bits per heavy atom. The van der Waals surface area contributed by atoms with Crippen molar-refractivity contribution >= 4 is 21.8 Å². The van der Waals surface area contributed by atoms with Gasteiger partial charge < -0.3 is 4.90 Å². The van der Waals surface area contributed by atoms with Crippen LogP contribution in [0.3, 0.4) is 0 Å². The minimum absolute atomic E-state index is 0.137. The Kier molecular flexibility index (Phi) is 5.82. The fourth-order valence-corrected chi connectivity index (χ4v) is 3.61. The molecule has 26 heavy (non-hydrogen) atoms. The van der Waals surface area contributed by atoms with E-state index in [0.717, 1.165) is 60.8 Å². The molecular weight excluding hydrogens is 396 g/mol. The van der Waals surface area contributed by atoms with Gasteiger partial charge in [-0.1, -0.05) is 0 Å². The van der Waals surface area contributed by atoms with Crippen LogP contribution in [0.5, 0.6) is 0 Å². The van der Waals surface area contributed by atoms with Gasteiger partial charge in [0.05, 0.1) is 21.6 Å². The quantitative estimate of drug-likeness (QED) is 0.740. The predicted molar refractivity (Wildman–Crippen MR) is 104 cm³/mol. The van der Waals surface area contributed by atoms with Crippen molar-refractivity contribution in [1.82, 2.24) is 29.4 Å². The maximum atomic E-state index is 12.6. The van der Waals surface area contributed by atoms with Gasteiger partial charge >= 0.3 is 0 Å². The SMILES string of the molecule is CCn1cc(CN2CCN(C(=O)Cn3nc(C)c(Br)c3C)CC2)c(C)n1. The Balaban J connectivity index is 1.53. The van der Waals surface area contributed by atoms with Crippen molar-refractivity contribution in [2.45, 2.75) is 47.3 Å². The molecule has 0 bridgehead atoms. The maximum absolute atomic E-state index is 12.6. The van der Waals surface area contributed by atoms with Crippen LogP contribution in [0.1, 0.15) is 29.6 Å². The molecule has 0 spiro atoms. The van der Waals surface area contributed by atoms with Crippen molar-refractivity contribution in [3.8, 4) is 0 Å². The van der Waals surface area contributed by atoms with E-state index in [-0.39, 0.29) is 5.91 Å². The van der Waals surface area contributed by atoms with E-state index < -0.39 is 0 Å². The maximum Gasteiger partial charge on any atom is 0.244 e. The van der Waals surface area contributed by atoms with Crippen molar-refractivity contribution in [1.29, 1.82) is 0 Å². The largest absolute Gasteiger partial charge is 0.339 e. The highest BCUT2D eigenvalue weighted by Crippen LogP contribution is 2.20. The fourth-order valence-electron chi connectivity index (χ4n) is 3.33. The summed E-state index contributed by atoms with van der Waals surface area (Å²) in [5, 5.41) is 8.95. The first-order valence-corrected chi connectivity index (χ1v) is 9.91. The summed E-state index contributed by atoms with van der Waals surface area (Å²) >= 11 is 3.52. The molecule has 7 nitrogen and oxygen atoms in total. The van der Waals surface area contributed by atoms with Crippen molar-refractivity contribution in [3.63, 3.8) is 0 Å². The molecule has 3 heterocycles. The Labute approximate surface area is 163 Å². The molecule has 1 aliphatic heterocycles. The number of carbonyl (C=O) groups is 1. The summed E-state index contributed by atoms with van der Waals surface area (Å²) in [6.07, 6.45) is 2.13. The van der Waals surface area contributed by atoms with Crippen LogP contribution >= 0.6 is 15.9 Å². The second-order valence-electron chi connectivity index (χ2n) is 6.89. The third kappa shape index (κ3) is 4.01. The number of amides is 1. The molecular formula is C18H27BrN6O. The van der Waals surface area contributed by atoms with Crippen LogP contribution < -0.4 is 0 Å². The van der Waals surface area contributed by atoms with Crippen LogP contribution in [0.15, 0.2) is 10.7 Å². The van der Waals surface area contributed by atoms with Crippen molar-refractivity contribution in [3.05, 3.63) is 33.3 Å². The monoisotopic (exact) mass is 422 g/mol. The average Bonchev–Trinajstić information content (AvgIpc) is 3.10. The first-order chi connectivity index (χ1) is 12.4. The molecule has 2 aromatic heterocycles. The number of aryl methyl sites for hydroxylation is 3. The molecule has 1 amide bonds. The zero-order valence-electron chi connectivity index (χ0n) is 16.0. The van der Waals surface area contributed by atoms with Crippen LogP contribution in [-0.2, 0) is 24.4 Å². The smallest absolute Gasteiger partial charge is 0.244 e. The van der Waals surface area contributed by atoms with Gasteiger partial charge in [-0.3, -0.25) is 19.1 Å². The number of rotatable bonds is 5. The van der Waals surface area contributed by atoms with E-state index in [1.807, 2.05) is 23.4 Å². The van der Waals surface area contributed by atoms with E-state index in [1.54, 1.807) is 4.68 Å². The Morgan fingerprint density at radius 1 is 1.12 bits per heavy atom. The highest BCUT2D eigenvalue weighted by molar-refractivity contribution is 9.10. The number of hydrogen-bond acceptors (Lipinski definition) is 4. The number of halogens is 1. The summed E-state index contributed by atoms with van der Waals surface area (Å²) in [5.41, 5.74) is 4.29. The van der Waals surface area contributed by atoms with Gasteiger partial charge in [-0.15, -0.1) is 0 Å². The Bertz CT molecular complexity index is 788. The van der Waals surface area contributed by atoms with Gasteiger partial charge in [-0.2, -0.15) is 10.2 Å². The molecule has 0 N–H and O–H groups in total. The van der Waals surface area contributed by atoms with Crippen LogP contribution in [0.4, 0.5) is 0 Å². The minimum Gasteiger partial charge on any atom is -0.339 e. The molecule has 3 rings (SSSR count). The van der Waals surface area contributed by atoms with E-state index in [2.05, 4.69) is 51.1 Å². The lowest BCUT2D eigenvalue weighted by Crippen LogP contribution is -2.49. The van der Waals surface area contributed by atoms with Gasteiger partial charge in [-0.25, -0.2) is 0 Å². The molecule has 1 aliphatic rings. The molecule has 0 radical (unpaired) electrons. The lowest BCUT2D eigenvalue weighted by Gasteiger charge is -2.34. The molecule has 0 unspecified atom stereocenters. The highest BCUT2D eigenvalue weighted by Gasteiger charge is 2.23. The number of carbonyl (C=O) groups excluding carboxylic acids is 1. The van der Waals surface area contributed by atoms with Crippen LogP contribution in [0.25, 0.3) is 0 Å². The molecule has 1 fully saturated rings. The number of piperazine rings is 1. The number of nitrogens with zero attached hydrogens (tertiary/aromatic N) is 6. The van der Waals surface area contributed by atoms with Gasteiger partial charge in [0.2, 0.25) is 5.91 Å².